The van der Waals surface area contributed by atoms with Crippen LogP contribution in [-0.4, -0.2) is 36.7 Å². The van der Waals surface area contributed by atoms with Crippen molar-refractivity contribution >= 4 is 22.4 Å². The molecule has 0 atom stereocenters. The number of hydrogen-bond acceptors (Lipinski definition) is 6. The molecule has 1 aliphatic rings. The third-order valence-corrected chi connectivity index (χ3v) is 3.19. The summed E-state index contributed by atoms with van der Waals surface area (Å²) in [4.78, 5) is 18.1. The second-order valence-electron chi connectivity index (χ2n) is 3.39. The SMILES string of the molecule is CCOC(=O)c1cnc(N2CC(N)C2)s1. The Morgan fingerprint density at radius 2 is 2.53 bits per heavy atom. The number of carbonyl (C=O) groups is 1. The third kappa shape index (κ3) is 2.10. The lowest BCUT2D eigenvalue weighted by Gasteiger charge is -2.36. The number of rotatable bonds is 3. The van der Waals surface area contributed by atoms with Crippen molar-refractivity contribution in [3.63, 3.8) is 0 Å². The van der Waals surface area contributed by atoms with Gasteiger partial charge < -0.3 is 15.4 Å². The van der Waals surface area contributed by atoms with E-state index in [1.165, 1.54) is 11.3 Å². The predicted octanol–water partition coefficient (Wildman–Crippen LogP) is 0.467. The molecule has 1 aromatic rings. The molecule has 0 bridgehead atoms. The van der Waals surface area contributed by atoms with Crippen molar-refractivity contribution in [2.75, 3.05) is 24.6 Å². The molecule has 2 heterocycles. The number of nitrogens with two attached hydrogens (primary N) is 1. The minimum Gasteiger partial charge on any atom is -0.462 e. The monoisotopic (exact) mass is 227 g/mol. The molecule has 2 rings (SSSR count). The molecule has 5 nitrogen and oxygen atoms in total. The smallest absolute Gasteiger partial charge is 0.350 e. The van der Waals surface area contributed by atoms with Gasteiger partial charge in [-0.25, -0.2) is 9.78 Å². The molecule has 0 saturated carbocycles. The highest BCUT2D eigenvalue weighted by Crippen LogP contribution is 2.26. The van der Waals surface area contributed by atoms with Gasteiger partial charge in [0.25, 0.3) is 0 Å². The summed E-state index contributed by atoms with van der Waals surface area (Å²) in [7, 11) is 0. The molecule has 0 aromatic carbocycles. The largest absolute Gasteiger partial charge is 0.462 e. The first-order valence-electron chi connectivity index (χ1n) is 4.84. The fourth-order valence-corrected chi connectivity index (χ4v) is 2.20. The summed E-state index contributed by atoms with van der Waals surface area (Å²) in [5.74, 6) is -0.300. The average Bonchev–Trinajstić information content (AvgIpc) is 2.62. The van der Waals surface area contributed by atoms with E-state index in [1.54, 1.807) is 13.1 Å². The molecule has 6 heteroatoms. The molecule has 15 heavy (non-hydrogen) atoms. The molecule has 0 radical (unpaired) electrons. The molecule has 0 aliphatic carbocycles. The van der Waals surface area contributed by atoms with Crippen LogP contribution in [0, 0.1) is 0 Å². The lowest BCUT2D eigenvalue weighted by molar-refractivity contribution is 0.0532. The highest BCUT2D eigenvalue weighted by Gasteiger charge is 2.26. The molecule has 2 N–H and O–H groups in total. The van der Waals surface area contributed by atoms with Gasteiger partial charge in [0.15, 0.2) is 5.13 Å². The van der Waals surface area contributed by atoms with Gasteiger partial charge in [0.05, 0.1) is 12.8 Å². The van der Waals surface area contributed by atoms with E-state index in [9.17, 15) is 4.79 Å². The van der Waals surface area contributed by atoms with Crippen LogP contribution in [0.4, 0.5) is 5.13 Å². The average molecular weight is 227 g/mol. The summed E-state index contributed by atoms with van der Waals surface area (Å²) < 4.78 is 4.88. The van der Waals surface area contributed by atoms with Crippen LogP contribution in [0.1, 0.15) is 16.6 Å². The van der Waals surface area contributed by atoms with Crippen molar-refractivity contribution in [2.45, 2.75) is 13.0 Å². The fourth-order valence-electron chi connectivity index (χ4n) is 1.38. The Labute approximate surface area is 91.9 Å². The predicted molar refractivity (Wildman–Crippen MR) is 58.3 cm³/mol. The molecule has 0 unspecified atom stereocenters. The van der Waals surface area contributed by atoms with Crippen LogP contribution in [0.2, 0.25) is 0 Å². The number of carbonyl (C=O) groups excluding carboxylic acids is 1. The van der Waals surface area contributed by atoms with Crippen molar-refractivity contribution in [3.8, 4) is 0 Å². The Kier molecular flexibility index (Phi) is 2.88. The van der Waals surface area contributed by atoms with E-state index in [0.717, 1.165) is 18.2 Å². The quantitative estimate of drug-likeness (QED) is 0.760. The Morgan fingerprint density at radius 3 is 3.13 bits per heavy atom. The normalized spacial score (nSPS) is 16.3. The van der Waals surface area contributed by atoms with E-state index in [1.807, 2.05) is 0 Å². The second-order valence-corrected chi connectivity index (χ2v) is 4.40. The number of thiazole rings is 1. The lowest BCUT2D eigenvalue weighted by Crippen LogP contribution is -2.55. The van der Waals surface area contributed by atoms with Crippen LogP contribution in [0.5, 0.6) is 0 Å². The van der Waals surface area contributed by atoms with E-state index in [4.69, 9.17) is 10.5 Å². The highest BCUT2D eigenvalue weighted by atomic mass is 32.1. The maximum Gasteiger partial charge on any atom is 0.350 e. The molecule has 1 aliphatic heterocycles. The van der Waals surface area contributed by atoms with Gasteiger partial charge in [-0.3, -0.25) is 0 Å². The molecule has 1 fully saturated rings. The second kappa shape index (κ2) is 4.16. The van der Waals surface area contributed by atoms with Crippen LogP contribution in [0.3, 0.4) is 0 Å². The van der Waals surface area contributed by atoms with Gasteiger partial charge >= 0.3 is 5.97 Å². The van der Waals surface area contributed by atoms with Crippen LogP contribution >= 0.6 is 11.3 Å². The minimum atomic E-state index is -0.300. The summed E-state index contributed by atoms with van der Waals surface area (Å²) in [6.07, 6.45) is 1.56. The zero-order valence-corrected chi connectivity index (χ0v) is 9.29. The Hall–Kier alpha value is -1.14. The summed E-state index contributed by atoms with van der Waals surface area (Å²) in [6, 6.07) is 0.236. The summed E-state index contributed by atoms with van der Waals surface area (Å²) in [5, 5.41) is 0.847. The molecule has 1 saturated heterocycles. The Morgan fingerprint density at radius 1 is 1.80 bits per heavy atom. The Bertz CT molecular complexity index is 360. The molecule has 82 valence electrons. The number of ether oxygens (including phenoxy) is 1. The first-order valence-corrected chi connectivity index (χ1v) is 5.66. The first-order chi connectivity index (χ1) is 7.20. The van der Waals surface area contributed by atoms with Crippen LogP contribution in [-0.2, 0) is 4.74 Å². The number of aromatic nitrogens is 1. The summed E-state index contributed by atoms with van der Waals surface area (Å²) >= 11 is 1.35. The van der Waals surface area contributed by atoms with E-state index in [2.05, 4.69) is 9.88 Å². The lowest BCUT2D eigenvalue weighted by atomic mass is 10.1. The van der Waals surface area contributed by atoms with Gasteiger partial charge in [-0.15, -0.1) is 0 Å². The van der Waals surface area contributed by atoms with Gasteiger partial charge in [0.2, 0.25) is 0 Å². The van der Waals surface area contributed by atoms with Gasteiger partial charge in [0.1, 0.15) is 4.88 Å². The van der Waals surface area contributed by atoms with Crippen molar-refractivity contribution < 1.29 is 9.53 Å². The molecule has 0 spiro atoms. The van der Waals surface area contributed by atoms with Crippen LogP contribution < -0.4 is 10.6 Å². The third-order valence-electron chi connectivity index (χ3n) is 2.15. The topological polar surface area (TPSA) is 68.5 Å². The van der Waals surface area contributed by atoms with Crippen molar-refractivity contribution in [3.05, 3.63) is 11.1 Å². The maximum atomic E-state index is 11.4. The van der Waals surface area contributed by atoms with Crippen molar-refractivity contribution in [2.24, 2.45) is 5.73 Å². The summed E-state index contributed by atoms with van der Waals surface area (Å²) in [6.45, 7) is 3.81. The van der Waals surface area contributed by atoms with Crippen LogP contribution in [0.15, 0.2) is 6.20 Å². The number of anilines is 1. The van der Waals surface area contributed by atoms with E-state index in [0.29, 0.717) is 11.5 Å². The van der Waals surface area contributed by atoms with Crippen molar-refractivity contribution in [1.82, 2.24) is 4.98 Å². The molecule has 1 aromatic heterocycles. The van der Waals surface area contributed by atoms with Gasteiger partial charge in [-0.2, -0.15) is 0 Å². The molecular weight excluding hydrogens is 214 g/mol. The zero-order valence-electron chi connectivity index (χ0n) is 8.47. The number of esters is 1. The van der Waals surface area contributed by atoms with Crippen LogP contribution in [0.25, 0.3) is 0 Å². The first kappa shape index (κ1) is 10.4. The van der Waals surface area contributed by atoms with Gasteiger partial charge in [0, 0.05) is 19.1 Å². The maximum absolute atomic E-state index is 11.4. The van der Waals surface area contributed by atoms with Gasteiger partial charge in [-0.05, 0) is 6.92 Å². The zero-order chi connectivity index (χ0) is 10.8. The summed E-state index contributed by atoms with van der Waals surface area (Å²) in [5.41, 5.74) is 5.66. The highest BCUT2D eigenvalue weighted by molar-refractivity contribution is 7.17. The molecule has 0 amide bonds. The van der Waals surface area contributed by atoms with E-state index in [-0.39, 0.29) is 12.0 Å². The Balaban J connectivity index is 2.01. The minimum absolute atomic E-state index is 0.236. The van der Waals surface area contributed by atoms with E-state index >= 15 is 0 Å². The molecular formula is C9H13N3O2S. The number of nitrogens with zero attached hydrogens (tertiary/aromatic N) is 2. The van der Waals surface area contributed by atoms with Crippen molar-refractivity contribution in [1.29, 1.82) is 0 Å². The number of hydrogen-bond donors (Lipinski definition) is 1. The standard InChI is InChI=1S/C9H13N3O2S/c1-2-14-8(13)7-3-11-9(15-7)12-4-6(10)5-12/h3,6H,2,4-5,10H2,1H3. The van der Waals surface area contributed by atoms with E-state index < -0.39 is 0 Å². The van der Waals surface area contributed by atoms with Gasteiger partial charge in [-0.1, -0.05) is 11.3 Å². The fraction of sp³-hybridized carbons (Fsp3) is 0.556.